The second-order valence-electron chi connectivity index (χ2n) is 5.84. The highest BCUT2D eigenvalue weighted by Crippen LogP contribution is 2.31. The summed E-state index contributed by atoms with van der Waals surface area (Å²) in [6.07, 6.45) is 7.38. The molecule has 0 saturated heterocycles. The van der Waals surface area contributed by atoms with E-state index in [4.69, 9.17) is 23.7 Å². The van der Waals surface area contributed by atoms with Gasteiger partial charge < -0.3 is 34.1 Å². The lowest BCUT2D eigenvalue weighted by Gasteiger charge is -2.15. The minimum atomic E-state index is 0.0785. The summed E-state index contributed by atoms with van der Waals surface area (Å²) >= 11 is 0. The molecule has 2 N–H and O–H groups in total. The molecule has 0 bridgehead atoms. The second-order valence-corrected chi connectivity index (χ2v) is 5.84. The monoisotopic (exact) mass is 375 g/mol. The first kappa shape index (κ1) is 19.3. The minimum absolute atomic E-state index is 0.0785. The Morgan fingerprint density at radius 2 is 1.30 bits per heavy atom. The molecule has 0 amide bonds. The average molecular weight is 375 g/mol. The zero-order valence-corrected chi connectivity index (χ0v) is 15.2. The number of fused-ring (bicyclic) bond motifs is 1. The van der Waals surface area contributed by atoms with Crippen LogP contribution in [0.4, 0.5) is 5.69 Å². The summed E-state index contributed by atoms with van der Waals surface area (Å²) in [7, 11) is 0. The fourth-order valence-corrected chi connectivity index (χ4v) is 2.52. The van der Waals surface area contributed by atoms with Gasteiger partial charge in [-0.3, -0.25) is 0 Å². The smallest absolute Gasteiger partial charge is 0.196 e. The van der Waals surface area contributed by atoms with E-state index in [1.165, 1.54) is 0 Å². The van der Waals surface area contributed by atoms with Crippen LogP contribution in [0.3, 0.4) is 0 Å². The van der Waals surface area contributed by atoms with Crippen LogP contribution in [0.5, 0.6) is 11.5 Å². The molecule has 0 unspecified atom stereocenters. The number of aliphatic hydroxyl groups excluding tert-OH is 1. The maximum Gasteiger partial charge on any atom is 0.196 e. The third-order valence-electron chi connectivity index (χ3n) is 3.86. The predicted octanol–water partition coefficient (Wildman–Crippen LogP) is 2.82. The molecule has 3 rings (SSSR count). The number of hydrogen-bond acceptors (Lipinski definition) is 7. The highest BCUT2D eigenvalue weighted by molar-refractivity contribution is 5.58. The molecular weight excluding hydrogens is 350 g/mol. The number of anilines is 1. The minimum Gasteiger partial charge on any atom is -0.494 e. The van der Waals surface area contributed by atoms with Crippen molar-refractivity contribution >= 4 is 5.69 Å². The van der Waals surface area contributed by atoms with Crippen LogP contribution in [0.15, 0.2) is 54.0 Å². The molecule has 1 aromatic rings. The topological polar surface area (TPSA) is 78.4 Å². The van der Waals surface area contributed by atoms with Gasteiger partial charge in [-0.25, -0.2) is 0 Å². The lowest BCUT2D eigenvalue weighted by atomic mass is 10.2. The van der Waals surface area contributed by atoms with Crippen LogP contribution in [0.25, 0.3) is 0 Å². The summed E-state index contributed by atoms with van der Waals surface area (Å²) < 4.78 is 27.9. The van der Waals surface area contributed by atoms with Crippen molar-refractivity contribution in [3.8, 4) is 11.5 Å². The molecule has 7 nitrogen and oxygen atoms in total. The van der Waals surface area contributed by atoms with Crippen LogP contribution in [-0.4, -0.2) is 58.0 Å². The number of hydrogen-bond donors (Lipinski definition) is 2. The molecular formula is C20H25NO6. The van der Waals surface area contributed by atoms with Crippen LogP contribution in [0.1, 0.15) is 0 Å². The van der Waals surface area contributed by atoms with Gasteiger partial charge in [0.25, 0.3) is 0 Å². The summed E-state index contributed by atoms with van der Waals surface area (Å²) in [5, 5.41) is 13.2. The van der Waals surface area contributed by atoms with E-state index in [1.807, 2.05) is 30.4 Å². The van der Waals surface area contributed by atoms with Crippen LogP contribution in [-0.2, 0) is 14.2 Å². The van der Waals surface area contributed by atoms with E-state index in [2.05, 4.69) is 5.32 Å². The summed E-state index contributed by atoms with van der Waals surface area (Å²) in [5.41, 5.74) is 1.41. The van der Waals surface area contributed by atoms with Crippen molar-refractivity contribution < 1.29 is 28.8 Å². The Kier molecular flexibility index (Phi) is 7.58. The fourth-order valence-electron chi connectivity index (χ4n) is 2.52. The molecule has 1 aliphatic heterocycles. The Morgan fingerprint density at radius 1 is 0.741 bits per heavy atom. The van der Waals surface area contributed by atoms with Crippen molar-refractivity contribution in [3.63, 3.8) is 0 Å². The van der Waals surface area contributed by atoms with Crippen LogP contribution in [0.2, 0.25) is 0 Å². The molecule has 27 heavy (non-hydrogen) atoms. The standard InChI is InChI=1S/C20H25NO6/c22-20(16-3-1-2-4-16)21-17-5-6-18-19(15-17)27-14-12-25-10-8-23-7-9-24-11-13-26-18/h1-6,15,21-22H,7-14H2. The fraction of sp³-hybridized carbons (Fsp3) is 0.400. The van der Waals surface area contributed by atoms with Gasteiger partial charge in [-0.15, -0.1) is 0 Å². The first-order valence-electron chi connectivity index (χ1n) is 9.01. The third-order valence-corrected chi connectivity index (χ3v) is 3.86. The van der Waals surface area contributed by atoms with E-state index < -0.39 is 0 Å². The van der Waals surface area contributed by atoms with Crippen molar-refractivity contribution in [2.75, 3.05) is 58.2 Å². The molecule has 0 saturated carbocycles. The third kappa shape index (κ3) is 6.32. The zero-order valence-electron chi connectivity index (χ0n) is 15.2. The SMILES string of the molecule is OC(Nc1ccc2c(c1)OCCOCCOCCOCCO2)=C1C=CC=C1. The molecule has 0 aromatic heterocycles. The van der Waals surface area contributed by atoms with Gasteiger partial charge in [-0.2, -0.15) is 0 Å². The lowest BCUT2D eigenvalue weighted by Crippen LogP contribution is -2.13. The van der Waals surface area contributed by atoms with Crippen molar-refractivity contribution in [2.45, 2.75) is 0 Å². The highest BCUT2D eigenvalue weighted by Gasteiger charge is 2.10. The van der Waals surface area contributed by atoms with Crippen molar-refractivity contribution in [2.24, 2.45) is 0 Å². The average Bonchev–Trinajstić information content (AvgIpc) is 3.21. The van der Waals surface area contributed by atoms with Gasteiger partial charge in [-0.1, -0.05) is 12.2 Å². The molecule has 0 fully saturated rings. The molecule has 1 aromatic carbocycles. The predicted molar refractivity (Wildman–Crippen MR) is 101 cm³/mol. The van der Waals surface area contributed by atoms with Gasteiger partial charge in [-0.05, 0) is 24.3 Å². The lowest BCUT2D eigenvalue weighted by molar-refractivity contribution is 0.00708. The van der Waals surface area contributed by atoms with Gasteiger partial charge in [0.15, 0.2) is 17.4 Å². The first-order chi connectivity index (χ1) is 13.3. The number of aliphatic hydroxyl groups is 1. The number of allylic oxidation sites excluding steroid dienone is 5. The molecule has 7 heteroatoms. The molecule has 0 spiro atoms. The molecule has 0 atom stereocenters. The van der Waals surface area contributed by atoms with Gasteiger partial charge in [0.1, 0.15) is 13.2 Å². The molecule has 1 heterocycles. The van der Waals surface area contributed by atoms with Crippen molar-refractivity contribution in [1.82, 2.24) is 0 Å². The Hall–Kier alpha value is -2.48. The summed E-state index contributed by atoms with van der Waals surface area (Å²) in [6, 6.07) is 5.41. The van der Waals surface area contributed by atoms with E-state index in [-0.39, 0.29) is 5.88 Å². The maximum absolute atomic E-state index is 10.2. The highest BCUT2D eigenvalue weighted by atomic mass is 16.6. The molecule has 1 aliphatic carbocycles. The molecule has 0 radical (unpaired) electrons. The Morgan fingerprint density at radius 3 is 1.93 bits per heavy atom. The summed E-state index contributed by atoms with van der Waals surface area (Å²) in [5.74, 6) is 1.27. The van der Waals surface area contributed by atoms with E-state index in [0.29, 0.717) is 70.0 Å². The van der Waals surface area contributed by atoms with Gasteiger partial charge in [0, 0.05) is 17.3 Å². The van der Waals surface area contributed by atoms with Crippen molar-refractivity contribution in [3.05, 3.63) is 54.0 Å². The largest absolute Gasteiger partial charge is 0.494 e. The zero-order chi connectivity index (χ0) is 18.7. The van der Waals surface area contributed by atoms with Gasteiger partial charge >= 0.3 is 0 Å². The van der Waals surface area contributed by atoms with E-state index in [0.717, 1.165) is 5.57 Å². The first-order valence-corrected chi connectivity index (χ1v) is 9.01. The van der Waals surface area contributed by atoms with Crippen LogP contribution in [0, 0.1) is 0 Å². The van der Waals surface area contributed by atoms with E-state index in [1.54, 1.807) is 12.1 Å². The molecule has 2 aliphatic rings. The van der Waals surface area contributed by atoms with E-state index >= 15 is 0 Å². The summed E-state index contributed by atoms with van der Waals surface area (Å²) in [4.78, 5) is 0. The van der Waals surface area contributed by atoms with Crippen LogP contribution >= 0.6 is 0 Å². The Bertz CT molecular complexity index is 684. The number of benzene rings is 1. The Balaban J connectivity index is 1.67. The second kappa shape index (κ2) is 10.6. The number of rotatable bonds is 2. The number of nitrogens with one attached hydrogen (secondary N) is 1. The van der Waals surface area contributed by atoms with E-state index in [9.17, 15) is 5.11 Å². The van der Waals surface area contributed by atoms with Crippen molar-refractivity contribution in [1.29, 1.82) is 0 Å². The normalized spacial score (nSPS) is 18.6. The number of ether oxygens (including phenoxy) is 5. The van der Waals surface area contributed by atoms with Crippen LogP contribution < -0.4 is 14.8 Å². The van der Waals surface area contributed by atoms with Gasteiger partial charge in [0.2, 0.25) is 0 Å². The summed E-state index contributed by atoms with van der Waals surface area (Å²) in [6.45, 7) is 3.80. The van der Waals surface area contributed by atoms with Gasteiger partial charge in [0.05, 0.1) is 39.6 Å². The Labute approximate surface area is 158 Å². The molecule has 146 valence electrons. The quantitative estimate of drug-likeness (QED) is 0.770. The maximum atomic E-state index is 10.2.